The van der Waals surface area contributed by atoms with Crippen LogP contribution in [0.5, 0.6) is 0 Å². The van der Waals surface area contributed by atoms with Crippen LogP contribution < -0.4 is 0 Å². The molecule has 0 aliphatic carbocycles. The molecule has 0 spiro atoms. The average Bonchev–Trinajstić information content (AvgIpc) is 1.65. The number of ether oxygens (including phenoxy) is 1. The monoisotopic (exact) mass is 132 g/mol. The van der Waals surface area contributed by atoms with E-state index in [1.165, 1.54) is 0 Å². The molecule has 0 aromatic heterocycles. The fraction of sp³-hybridized carbons (Fsp3) is 1.00. The van der Waals surface area contributed by atoms with Crippen LogP contribution >= 0.6 is 0 Å². The molecule has 0 saturated heterocycles. The van der Waals surface area contributed by atoms with E-state index in [2.05, 4.69) is 0 Å². The molecule has 1 atom stereocenters. The number of hydrogen-bond acceptors (Lipinski definition) is 2. The van der Waals surface area contributed by atoms with Gasteiger partial charge in [-0.3, -0.25) is 0 Å². The highest BCUT2D eigenvalue weighted by atomic mass is 16.5. The van der Waals surface area contributed by atoms with Crippen LogP contribution in [0.15, 0.2) is 0 Å². The third-order valence-corrected chi connectivity index (χ3v) is 1.44. The highest BCUT2D eigenvalue weighted by molar-refractivity contribution is 4.75. The Kier molecular flexibility index (Phi) is 3.15. The maximum atomic E-state index is 9.35. The second kappa shape index (κ2) is 3.18. The molecule has 0 bridgehead atoms. The maximum Gasteiger partial charge on any atom is 0.0852 e. The van der Waals surface area contributed by atoms with Crippen molar-refractivity contribution in [2.45, 2.75) is 38.9 Å². The average molecular weight is 132 g/mol. The second-order valence-electron chi connectivity index (χ2n) is 2.79. The summed E-state index contributed by atoms with van der Waals surface area (Å²) in [7, 11) is 1.62. The summed E-state index contributed by atoms with van der Waals surface area (Å²) in [4.78, 5) is 0. The van der Waals surface area contributed by atoms with Crippen molar-refractivity contribution < 1.29 is 9.84 Å². The van der Waals surface area contributed by atoms with Gasteiger partial charge in [-0.2, -0.15) is 0 Å². The molecule has 0 rings (SSSR count). The van der Waals surface area contributed by atoms with Gasteiger partial charge in [-0.05, 0) is 20.3 Å². The van der Waals surface area contributed by atoms with Crippen LogP contribution in [0.25, 0.3) is 0 Å². The highest BCUT2D eigenvalue weighted by Gasteiger charge is 2.24. The fourth-order valence-corrected chi connectivity index (χ4v) is 0.955. The van der Waals surface area contributed by atoms with Crippen molar-refractivity contribution in [3.63, 3.8) is 0 Å². The lowest BCUT2D eigenvalue weighted by molar-refractivity contribution is -0.0707. The van der Waals surface area contributed by atoms with Crippen molar-refractivity contribution in [2.75, 3.05) is 7.11 Å². The number of aliphatic hydroxyl groups is 1. The lowest BCUT2D eigenvalue weighted by Gasteiger charge is -2.26. The molecule has 56 valence electrons. The Bertz CT molecular complexity index is 69.5. The zero-order valence-corrected chi connectivity index (χ0v) is 6.64. The number of rotatable bonds is 3. The first kappa shape index (κ1) is 8.92. The standard InChI is InChI=1S/C7H16O2/c1-5-6(9-4)7(2,3)8/h6,8H,5H2,1-4H3. The van der Waals surface area contributed by atoms with Gasteiger partial charge in [0, 0.05) is 7.11 Å². The summed E-state index contributed by atoms with van der Waals surface area (Å²) < 4.78 is 5.01. The molecule has 2 nitrogen and oxygen atoms in total. The molecule has 2 heteroatoms. The first-order chi connectivity index (χ1) is 4.02. The predicted octanol–water partition coefficient (Wildman–Crippen LogP) is 1.18. The third-order valence-electron chi connectivity index (χ3n) is 1.44. The molecule has 0 aromatic carbocycles. The molecule has 0 heterocycles. The van der Waals surface area contributed by atoms with E-state index in [9.17, 15) is 5.11 Å². The largest absolute Gasteiger partial charge is 0.388 e. The van der Waals surface area contributed by atoms with Gasteiger partial charge in [0.1, 0.15) is 0 Å². The Labute approximate surface area is 56.8 Å². The van der Waals surface area contributed by atoms with Crippen molar-refractivity contribution >= 4 is 0 Å². The van der Waals surface area contributed by atoms with Crippen LogP contribution in [0.2, 0.25) is 0 Å². The van der Waals surface area contributed by atoms with E-state index in [0.717, 1.165) is 6.42 Å². The molecular weight excluding hydrogens is 116 g/mol. The van der Waals surface area contributed by atoms with Crippen LogP contribution in [-0.4, -0.2) is 23.9 Å². The Morgan fingerprint density at radius 1 is 1.56 bits per heavy atom. The lowest BCUT2D eigenvalue weighted by atomic mass is 10.00. The van der Waals surface area contributed by atoms with Gasteiger partial charge in [0.25, 0.3) is 0 Å². The quantitative estimate of drug-likeness (QED) is 0.625. The van der Waals surface area contributed by atoms with Crippen molar-refractivity contribution in [3.8, 4) is 0 Å². The summed E-state index contributed by atoms with van der Waals surface area (Å²) >= 11 is 0. The van der Waals surface area contributed by atoms with Crippen molar-refractivity contribution in [1.82, 2.24) is 0 Å². The van der Waals surface area contributed by atoms with Crippen LogP contribution in [0.3, 0.4) is 0 Å². The van der Waals surface area contributed by atoms with Gasteiger partial charge in [0.2, 0.25) is 0 Å². The Hall–Kier alpha value is -0.0800. The summed E-state index contributed by atoms with van der Waals surface area (Å²) in [6.45, 7) is 5.50. The summed E-state index contributed by atoms with van der Waals surface area (Å²) in [5.74, 6) is 0. The van der Waals surface area contributed by atoms with Gasteiger partial charge in [-0.25, -0.2) is 0 Å². The predicted molar refractivity (Wildman–Crippen MR) is 37.4 cm³/mol. The molecule has 0 saturated carbocycles. The van der Waals surface area contributed by atoms with E-state index in [-0.39, 0.29) is 6.10 Å². The summed E-state index contributed by atoms with van der Waals surface area (Å²) in [5.41, 5.74) is -0.705. The second-order valence-corrected chi connectivity index (χ2v) is 2.79. The van der Waals surface area contributed by atoms with Crippen molar-refractivity contribution in [3.05, 3.63) is 0 Å². The van der Waals surface area contributed by atoms with Gasteiger partial charge in [0.05, 0.1) is 11.7 Å². The molecule has 0 fully saturated rings. The molecule has 9 heavy (non-hydrogen) atoms. The van der Waals surface area contributed by atoms with Crippen LogP contribution in [-0.2, 0) is 4.74 Å². The number of methoxy groups -OCH3 is 1. The summed E-state index contributed by atoms with van der Waals surface area (Å²) in [5, 5.41) is 9.35. The van der Waals surface area contributed by atoms with Crippen LogP contribution in [0, 0.1) is 0 Å². The van der Waals surface area contributed by atoms with Gasteiger partial charge in [-0.15, -0.1) is 0 Å². The smallest absolute Gasteiger partial charge is 0.0852 e. The first-order valence-electron chi connectivity index (χ1n) is 3.27. The van der Waals surface area contributed by atoms with Gasteiger partial charge >= 0.3 is 0 Å². The van der Waals surface area contributed by atoms with E-state index in [1.807, 2.05) is 6.92 Å². The molecule has 0 aliphatic heterocycles. The number of hydrogen-bond donors (Lipinski definition) is 1. The minimum absolute atomic E-state index is 0.0440. The van der Waals surface area contributed by atoms with Crippen LogP contribution in [0.1, 0.15) is 27.2 Å². The van der Waals surface area contributed by atoms with Gasteiger partial charge in [0.15, 0.2) is 0 Å². The van der Waals surface area contributed by atoms with Crippen molar-refractivity contribution in [1.29, 1.82) is 0 Å². The van der Waals surface area contributed by atoms with Gasteiger partial charge in [-0.1, -0.05) is 6.92 Å². The molecular formula is C7H16O2. The van der Waals surface area contributed by atoms with Gasteiger partial charge < -0.3 is 9.84 Å². The summed E-state index contributed by atoms with van der Waals surface area (Å²) in [6.07, 6.45) is 0.803. The van der Waals surface area contributed by atoms with E-state index >= 15 is 0 Å². The zero-order chi connectivity index (χ0) is 7.49. The van der Waals surface area contributed by atoms with Crippen LogP contribution in [0.4, 0.5) is 0 Å². The Morgan fingerprint density at radius 2 is 2.00 bits per heavy atom. The molecule has 0 aliphatic rings. The lowest BCUT2D eigenvalue weighted by Crippen LogP contribution is -2.36. The topological polar surface area (TPSA) is 29.5 Å². The van der Waals surface area contributed by atoms with E-state index in [1.54, 1.807) is 21.0 Å². The molecule has 1 unspecified atom stereocenters. The van der Waals surface area contributed by atoms with E-state index in [0.29, 0.717) is 0 Å². The Balaban J connectivity index is 3.79. The van der Waals surface area contributed by atoms with E-state index in [4.69, 9.17) is 4.74 Å². The third kappa shape index (κ3) is 2.82. The molecule has 1 N–H and O–H groups in total. The first-order valence-corrected chi connectivity index (χ1v) is 3.27. The minimum Gasteiger partial charge on any atom is -0.388 e. The normalized spacial score (nSPS) is 15.7. The summed E-state index contributed by atoms with van der Waals surface area (Å²) in [6, 6.07) is 0. The maximum absolute atomic E-state index is 9.35. The molecule has 0 aromatic rings. The zero-order valence-electron chi connectivity index (χ0n) is 6.64. The highest BCUT2D eigenvalue weighted by Crippen LogP contribution is 2.13. The molecule has 0 radical (unpaired) electrons. The van der Waals surface area contributed by atoms with E-state index < -0.39 is 5.60 Å². The Morgan fingerprint density at radius 3 is 2.00 bits per heavy atom. The minimum atomic E-state index is -0.705. The fourth-order valence-electron chi connectivity index (χ4n) is 0.955. The SMILES string of the molecule is CCC(OC)C(C)(C)O. The molecule has 0 amide bonds. The van der Waals surface area contributed by atoms with Crippen molar-refractivity contribution in [2.24, 2.45) is 0 Å².